The summed E-state index contributed by atoms with van der Waals surface area (Å²) in [7, 11) is 0. The van der Waals surface area contributed by atoms with Gasteiger partial charge in [0.05, 0.1) is 11.8 Å². The molecule has 2 rings (SSSR count). The topological polar surface area (TPSA) is 37.9 Å². The Morgan fingerprint density at radius 2 is 2.08 bits per heavy atom. The molecule has 1 aliphatic heterocycles. The maximum atomic E-state index is 5.86. The number of hydrogen-bond donors (Lipinski definition) is 1. The van der Waals surface area contributed by atoms with E-state index in [0.29, 0.717) is 17.9 Å². The van der Waals surface area contributed by atoms with Gasteiger partial charge in [0.2, 0.25) is 0 Å². The molecule has 1 aromatic rings. The maximum Gasteiger partial charge on any atom is 0.102 e. The molecule has 2 heterocycles. The quantitative estimate of drug-likeness (QED) is 0.719. The van der Waals surface area contributed by atoms with Crippen molar-refractivity contribution in [2.45, 2.75) is 33.0 Å². The Morgan fingerprint density at radius 3 is 2.54 bits per heavy atom. The van der Waals surface area contributed by atoms with Crippen molar-refractivity contribution in [3.63, 3.8) is 0 Å². The molecule has 1 N–H and O–H groups in total. The Kier molecular flexibility index (Phi) is 2.12. The minimum Gasteiger partial charge on any atom is -0.368 e. The zero-order valence-corrected chi connectivity index (χ0v) is 8.32. The van der Waals surface area contributed by atoms with Gasteiger partial charge >= 0.3 is 0 Å². The fourth-order valence-electron chi connectivity index (χ4n) is 1.96. The lowest BCUT2D eigenvalue weighted by Crippen LogP contribution is -2.11. The monoisotopic (exact) mass is 180 g/mol. The average Bonchev–Trinajstić information content (AvgIpc) is 2.70. The first kappa shape index (κ1) is 8.75. The van der Waals surface area contributed by atoms with E-state index in [1.807, 2.05) is 6.07 Å². The number of nitrogens with zero attached hydrogens (tertiary/aromatic N) is 1. The third-order valence-electron chi connectivity index (χ3n) is 3.24. The van der Waals surface area contributed by atoms with Crippen LogP contribution in [0.2, 0.25) is 0 Å². The van der Waals surface area contributed by atoms with Gasteiger partial charge < -0.3 is 4.74 Å². The molecule has 4 atom stereocenters. The Balaban J connectivity index is 2.19. The van der Waals surface area contributed by atoms with Crippen LogP contribution >= 0.6 is 0 Å². The molecule has 4 unspecified atom stereocenters. The van der Waals surface area contributed by atoms with E-state index < -0.39 is 0 Å². The molecule has 3 nitrogen and oxygen atoms in total. The molecule has 13 heavy (non-hydrogen) atoms. The first-order chi connectivity index (χ1) is 6.20. The molecular weight excluding hydrogens is 164 g/mol. The predicted molar refractivity (Wildman–Crippen MR) is 50.2 cm³/mol. The van der Waals surface area contributed by atoms with E-state index >= 15 is 0 Å². The molecule has 1 aliphatic rings. The summed E-state index contributed by atoms with van der Waals surface area (Å²) in [5, 5.41) is 6.92. The highest BCUT2D eigenvalue weighted by Gasteiger charge is 2.37. The van der Waals surface area contributed by atoms with E-state index in [9.17, 15) is 0 Å². The number of aromatic amines is 1. The lowest BCUT2D eigenvalue weighted by atomic mass is 9.90. The van der Waals surface area contributed by atoms with Crippen LogP contribution in [0.25, 0.3) is 0 Å². The Hall–Kier alpha value is -0.830. The van der Waals surface area contributed by atoms with Gasteiger partial charge in [-0.1, -0.05) is 13.8 Å². The smallest absolute Gasteiger partial charge is 0.102 e. The Labute approximate surface area is 78.5 Å². The molecule has 1 aromatic heterocycles. The van der Waals surface area contributed by atoms with Crippen LogP contribution in [0.1, 0.15) is 32.6 Å². The second-order valence-electron chi connectivity index (χ2n) is 3.99. The molecular formula is C10H16N2O. The lowest BCUT2D eigenvalue weighted by Gasteiger charge is -2.13. The molecule has 1 saturated heterocycles. The summed E-state index contributed by atoms with van der Waals surface area (Å²) in [6, 6.07) is 1.99. The zero-order valence-electron chi connectivity index (χ0n) is 8.32. The summed E-state index contributed by atoms with van der Waals surface area (Å²) < 4.78 is 5.86. The second kappa shape index (κ2) is 3.14. The summed E-state index contributed by atoms with van der Waals surface area (Å²) in [5.74, 6) is 1.18. The summed E-state index contributed by atoms with van der Waals surface area (Å²) in [4.78, 5) is 0. The van der Waals surface area contributed by atoms with Gasteiger partial charge in [0.25, 0.3) is 0 Å². The van der Waals surface area contributed by atoms with Crippen molar-refractivity contribution in [3.8, 4) is 0 Å². The van der Waals surface area contributed by atoms with Crippen LogP contribution in [0.5, 0.6) is 0 Å². The van der Waals surface area contributed by atoms with Gasteiger partial charge in [0.15, 0.2) is 0 Å². The lowest BCUT2D eigenvalue weighted by molar-refractivity contribution is 0.0380. The van der Waals surface area contributed by atoms with Gasteiger partial charge in [-0.15, -0.1) is 0 Å². The van der Waals surface area contributed by atoms with Crippen molar-refractivity contribution < 1.29 is 4.74 Å². The highest BCUT2D eigenvalue weighted by atomic mass is 16.5. The van der Waals surface area contributed by atoms with Gasteiger partial charge in [0, 0.05) is 6.20 Å². The van der Waals surface area contributed by atoms with Crippen molar-refractivity contribution in [1.29, 1.82) is 0 Å². The van der Waals surface area contributed by atoms with Crippen LogP contribution in [-0.4, -0.2) is 16.3 Å². The number of rotatable bonds is 1. The van der Waals surface area contributed by atoms with E-state index in [2.05, 4.69) is 31.0 Å². The van der Waals surface area contributed by atoms with Crippen molar-refractivity contribution in [2.24, 2.45) is 11.8 Å². The molecule has 0 spiro atoms. The molecule has 0 saturated carbocycles. The van der Waals surface area contributed by atoms with Crippen molar-refractivity contribution in [2.75, 3.05) is 0 Å². The average molecular weight is 180 g/mol. The molecule has 0 bridgehead atoms. The SMILES string of the molecule is CC1OC(c2ccn[nH]2)C(C)C1C. The van der Waals surface area contributed by atoms with Gasteiger partial charge in [0.1, 0.15) is 6.10 Å². The fraction of sp³-hybridized carbons (Fsp3) is 0.700. The Bertz CT molecular complexity index is 270. The molecule has 0 radical (unpaired) electrons. The fourth-order valence-corrected chi connectivity index (χ4v) is 1.96. The number of hydrogen-bond acceptors (Lipinski definition) is 2. The molecule has 3 heteroatoms. The minimum absolute atomic E-state index is 0.201. The van der Waals surface area contributed by atoms with Crippen LogP contribution in [0.15, 0.2) is 12.3 Å². The first-order valence-electron chi connectivity index (χ1n) is 4.85. The number of H-pyrrole nitrogens is 1. The van der Waals surface area contributed by atoms with Crippen molar-refractivity contribution in [3.05, 3.63) is 18.0 Å². The van der Waals surface area contributed by atoms with Crippen LogP contribution in [0.4, 0.5) is 0 Å². The standard InChI is InChI=1S/C10H16N2O/c1-6-7(2)10(13-8(6)3)9-4-5-11-12-9/h4-8,10H,1-3H3,(H,11,12). The van der Waals surface area contributed by atoms with Gasteiger partial charge in [-0.05, 0) is 24.8 Å². The van der Waals surface area contributed by atoms with Gasteiger partial charge in [-0.25, -0.2) is 0 Å². The van der Waals surface area contributed by atoms with E-state index in [1.54, 1.807) is 6.20 Å². The normalized spacial score (nSPS) is 39.6. The van der Waals surface area contributed by atoms with Crippen molar-refractivity contribution in [1.82, 2.24) is 10.2 Å². The minimum atomic E-state index is 0.201. The first-order valence-corrected chi connectivity index (χ1v) is 4.85. The van der Waals surface area contributed by atoms with Crippen LogP contribution in [0, 0.1) is 11.8 Å². The molecule has 1 fully saturated rings. The highest BCUT2D eigenvalue weighted by Crippen LogP contribution is 2.40. The molecule has 72 valence electrons. The van der Waals surface area contributed by atoms with E-state index in [-0.39, 0.29) is 6.10 Å². The largest absolute Gasteiger partial charge is 0.368 e. The highest BCUT2D eigenvalue weighted by molar-refractivity contribution is 5.06. The molecule has 0 aromatic carbocycles. The summed E-state index contributed by atoms with van der Waals surface area (Å²) in [6.07, 6.45) is 2.33. The second-order valence-corrected chi connectivity index (χ2v) is 3.99. The third-order valence-corrected chi connectivity index (χ3v) is 3.24. The summed E-state index contributed by atoms with van der Waals surface area (Å²) in [6.45, 7) is 6.61. The number of aromatic nitrogens is 2. The van der Waals surface area contributed by atoms with E-state index in [4.69, 9.17) is 4.74 Å². The number of ether oxygens (including phenoxy) is 1. The Morgan fingerprint density at radius 1 is 1.31 bits per heavy atom. The van der Waals surface area contributed by atoms with Crippen LogP contribution in [-0.2, 0) is 4.74 Å². The molecule has 0 amide bonds. The van der Waals surface area contributed by atoms with Crippen molar-refractivity contribution >= 4 is 0 Å². The summed E-state index contributed by atoms with van der Waals surface area (Å²) >= 11 is 0. The molecule has 0 aliphatic carbocycles. The third kappa shape index (κ3) is 1.37. The van der Waals surface area contributed by atoms with Crippen LogP contribution < -0.4 is 0 Å². The predicted octanol–water partition coefficient (Wildman–Crippen LogP) is 2.14. The number of nitrogens with one attached hydrogen (secondary N) is 1. The van der Waals surface area contributed by atoms with Gasteiger partial charge in [-0.2, -0.15) is 5.10 Å². The van der Waals surface area contributed by atoms with E-state index in [0.717, 1.165) is 5.69 Å². The zero-order chi connectivity index (χ0) is 9.42. The maximum absolute atomic E-state index is 5.86. The van der Waals surface area contributed by atoms with E-state index in [1.165, 1.54) is 0 Å². The summed E-state index contributed by atoms with van der Waals surface area (Å²) in [5.41, 5.74) is 1.10. The van der Waals surface area contributed by atoms with Gasteiger partial charge in [-0.3, -0.25) is 5.10 Å². The van der Waals surface area contributed by atoms with Crippen LogP contribution in [0.3, 0.4) is 0 Å².